The number of hydrogen-bond donors (Lipinski definition) is 2. The average Bonchev–Trinajstić information content (AvgIpc) is 3.29. The van der Waals surface area contributed by atoms with Crippen molar-refractivity contribution in [2.75, 3.05) is 10.2 Å². The second-order valence-electron chi connectivity index (χ2n) is 6.20. The minimum absolute atomic E-state index is 0.461. The van der Waals surface area contributed by atoms with Crippen molar-refractivity contribution in [2.45, 2.75) is 26.6 Å². The average molecular weight is 365 g/mol. The first-order valence-electron chi connectivity index (χ1n) is 8.42. The predicted molar refractivity (Wildman–Crippen MR) is 105 cm³/mol. The molecule has 0 saturated carbocycles. The van der Waals surface area contributed by atoms with Gasteiger partial charge in [0.05, 0.1) is 12.8 Å². The molecule has 1 aromatic carbocycles. The normalized spacial score (nSPS) is 12.7. The molecule has 3 heterocycles. The Hall–Kier alpha value is -2.93. The molecular weight excluding hydrogens is 346 g/mol. The third-order valence-electron chi connectivity index (χ3n) is 4.23. The molecule has 0 aliphatic carbocycles. The van der Waals surface area contributed by atoms with Gasteiger partial charge in [0.2, 0.25) is 5.95 Å². The van der Waals surface area contributed by atoms with E-state index in [0.29, 0.717) is 17.6 Å². The van der Waals surface area contributed by atoms with Gasteiger partial charge in [-0.1, -0.05) is 24.3 Å². The van der Waals surface area contributed by atoms with Gasteiger partial charge < -0.3 is 20.0 Å². The van der Waals surface area contributed by atoms with Crippen LogP contribution in [-0.4, -0.2) is 15.1 Å². The third kappa shape index (κ3) is 3.67. The van der Waals surface area contributed by atoms with Gasteiger partial charge in [-0.25, -0.2) is 4.98 Å². The third-order valence-corrected chi connectivity index (χ3v) is 4.48. The fourth-order valence-electron chi connectivity index (χ4n) is 2.99. The van der Waals surface area contributed by atoms with E-state index in [-0.39, 0.29) is 0 Å². The van der Waals surface area contributed by atoms with E-state index < -0.39 is 0 Å². The number of aromatic nitrogens is 2. The van der Waals surface area contributed by atoms with Gasteiger partial charge in [-0.15, -0.1) is 0 Å². The van der Waals surface area contributed by atoms with Gasteiger partial charge in [-0.05, 0) is 42.4 Å². The first kappa shape index (κ1) is 16.5. The Bertz CT molecular complexity index is 900. The van der Waals surface area contributed by atoms with Crippen LogP contribution in [-0.2, 0) is 19.6 Å². The first-order valence-corrected chi connectivity index (χ1v) is 8.83. The van der Waals surface area contributed by atoms with Crippen LogP contribution >= 0.6 is 12.2 Å². The summed E-state index contributed by atoms with van der Waals surface area (Å²) < 4.78 is 5.28. The summed E-state index contributed by atoms with van der Waals surface area (Å²) in [6.07, 6.45) is 1.64. The van der Waals surface area contributed by atoms with E-state index in [2.05, 4.69) is 49.8 Å². The second-order valence-corrected chi connectivity index (χ2v) is 6.61. The Morgan fingerprint density at radius 1 is 1.15 bits per heavy atom. The molecule has 7 heteroatoms. The molecule has 0 bridgehead atoms. The Balaban J connectivity index is 1.44. The van der Waals surface area contributed by atoms with E-state index in [9.17, 15) is 0 Å². The number of benzene rings is 1. The molecule has 1 aliphatic rings. The molecule has 0 saturated heterocycles. The SMILES string of the molecule is Cc1cc(N2Cc3ccccc3C2)nc(NC(=S)NCc2ccco2)n1. The Morgan fingerprint density at radius 2 is 1.92 bits per heavy atom. The molecule has 2 aromatic heterocycles. The highest BCUT2D eigenvalue weighted by Crippen LogP contribution is 2.27. The number of nitrogens with one attached hydrogen (secondary N) is 2. The number of aryl methyl sites for hydroxylation is 1. The van der Waals surface area contributed by atoms with Gasteiger partial charge >= 0.3 is 0 Å². The van der Waals surface area contributed by atoms with Crippen LogP contribution in [0.25, 0.3) is 0 Å². The zero-order valence-electron chi connectivity index (χ0n) is 14.4. The molecule has 0 amide bonds. The van der Waals surface area contributed by atoms with Crippen molar-refractivity contribution in [3.05, 3.63) is 71.3 Å². The largest absolute Gasteiger partial charge is 0.467 e. The van der Waals surface area contributed by atoms with Crippen molar-refractivity contribution >= 4 is 29.1 Å². The molecule has 0 fully saturated rings. The summed E-state index contributed by atoms with van der Waals surface area (Å²) in [7, 11) is 0. The monoisotopic (exact) mass is 365 g/mol. The zero-order valence-corrected chi connectivity index (χ0v) is 15.2. The van der Waals surface area contributed by atoms with Crippen molar-refractivity contribution in [3.63, 3.8) is 0 Å². The van der Waals surface area contributed by atoms with Crippen LogP contribution in [0.2, 0.25) is 0 Å². The van der Waals surface area contributed by atoms with Crippen molar-refractivity contribution in [1.82, 2.24) is 15.3 Å². The lowest BCUT2D eigenvalue weighted by molar-refractivity contribution is 0.503. The molecular formula is C19H19N5OS. The van der Waals surface area contributed by atoms with Crippen molar-refractivity contribution in [2.24, 2.45) is 0 Å². The summed E-state index contributed by atoms with van der Waals surface area (Å²) in [6.45, 7) is 4.18. The van der Waals surface area contributed by atoms with Crippen LogP contribution in [0.4, 0.5) is 11.8 Å². The van der Waals surface area contributed by atoms with Crippen LogP contribution in [0.3, 0.4) is 0 Å². The summed E-state index contributed by atoms with van der Waals surface area (Å²) in [5.74, 6) is 2.20. The quantitative estimate of drug-likeness (QED) is 0.687. The minimum Gasteiger partial charge on any atom is -0.467 e. The minimum atomic E-state index is 0.461. The van der Waals surface area contributed by atoms with Gasteiger partial charge in [-0.2, -0.15) is 4.98 Å². The number of rotatable bonds is 4. The van der Waals surface area contributed by atoms with Crippen LogP contribution < -0.4 is 15.5 Å². The Labute approximate surface area is 157 Å². The molecule has 1 aliphatic heterocycles. The van der Waals surface area contributed by atoms with E-state index in [4.69, 9.17) is 16.6 Å². The van der Waals surface area contributed by atoms with Crippen LogP contribution in [0.1, 0.15) is 22.6 Å². The Morgan fingerprint density at radius 3 is 2.62 bits per heavy atom. The van der Waals surface area contributed by atoms with Crippen molar-refractivity contribution < 1.29 is 4.42 Å². The molecule has 3 aromatic rings. The number of fused-ring (bicyclic) bond motifs is 1. The molecule has 2 N–H and O–H groups in total. The molecule has 0 unspecified atom stereocenters. The maximum absolute atomic E-state index is 5.33. The van der Waals surface area contributed by atoms with Crippen molar-refractivity contribution in [3.8, 4) is 0 Å². The molecule has 0 spiro atoms. The number of anilines is 2. The number of thiocarbonyl (C=S) groups is 1. The molecule has 0 radical (unpaired) electrons. The van der Waals surface area contributed by atoms with E-state index >= 15 is 0 Å². The highest BCUT2D eigenvalue weighted by molar-refractivity contribution is 7.80. The summed E-state index contributed by atoms with van der Waals surface area (Å²) in [4.78, 5) is 11.3. The lowest BCUT2D eigenvalue weighted by Gasteiger charge is -2.18. The van der Waals surface area contributed by atoms with Crippen LogP contribution in [0, 0.1) is 6.92 Å². The van der Waals surface area contributed by atoms with Gasteiger partial charge in [0.1, 0.15) is 11.6 Å². The lowest BCUT2D eigenvalue weighted by Crippen LogP contribution is -2.29. The van der Waals surface area contributed by atoms with Gasteiger partial charge in [0, 0.05) is 24.8 Å². The highest BCUT2D eigenvalue weighted by Gasteiger charge is 2.20. The first-order chi connectivity index (χ1) is 12.7. The molecule has 0 atom stereocenters. The lowest BCUT2D eigenvalue weighted by atomic mass is 10.1. The molecule has 6 nitrogen and oxygen atoms in total. The Kier molecular flexibility index (Phi) is 4.53. The predicted octanol–water partition coefficient (Wildman–Crippen LogP) is 3.38. The van der Waals surface area contributed by atoms with Gasteiger partial charge in [-0.3, -0.25) is 0 Å². The molecule has 4 rings (SSSR count). The fourth-order valence-corrected chi connectivity index (χ4v) is 3.15. The van der Waals surface area contributed by atoms with E-state index in [1.54, 1.807) is 6.26 Å². The maximum atomic E-state index is 5.33. The summed E-state index contributed by atoms with van der Waals surface area (Å²) in [5, 5.41) is 6.61. The molecule has 132 valence electrons. The maximum Gasteiger partial charge on any atom is 0.231 e. The van der Waals surface area contributed by atoms with Crippen molar-refractivity contribution in [1.29, 1.82) is 0 Å². The fraction of sp³-hybridized carbons (Fsp3) is 0.211. The summed E-state index contributed by atoms with van der Waals surface area (Å²) in [5.41, 5.74) is 3.57. The number of furan rings is 1. The van der Waals surface area contributed by atoms with E-state index in [1.165, 1.54) is 11.1 Å². The van der Waals surface area contributed by atoms with E-state index in [1.807, 2.05) is 25.1 Å². The summed E-state index contributed by atoms with van der Waals surface area (Å²) >= 11 is 5.33. The van der Waals surface area contributed by atoms with Gasteiger partial charge in [0.25, 0.3) is 0 Å². The topological polar surface area (TPSA) is 66.2 Å². The highest BCUT2D eigenvalue weighted by atomic mass is 32.1. The zero-order chi connectivity index (χ0) is 17.9. The second kappa shape index (κ2) is 7.13. The smallest absolute Gasteiger partial charge is 0.231 e. The van der Waals surface area contributed by atoms with E-state index in [0.717, 1.165) is 30.4 Å². The number of hydrogen-bond acceptors (Lipinski definition) is 5. The van der Waals surface area contributed by atoms with Crippen LogP contribution in [0.15, 0.2) is 53.1 Å². The van der Waals surface area contributed by atoms with Crippen LogP contribution in [0.5, 0.6) is 0 Å². The number of nitrogens with zero attached hydrogens (tertiary/aromatic N) is 3. The molecule has 26 heavy (non-hydrogen) atoms. The standard InChI is InChI=1S/C19H19N5OS/c1-13-9-17(24-11-14-5-2-3-6-15(14)12-24)22-18(21-13)23-19(26)20-10-16-7-4-8-25-16/h2-9H,10-12H2,1H3,(H2,20,21,22,23,26). The van der Waals surface area contributed by atoms with Gasteiger partial charge in [0.15, 0.2) is 5.11 Å². The summed E-state index contributed by atoms with van der Waals surface area (Å²) in [6, 6.07) is 14.2.